The van der Waals surface area contributed by atoms with Crippen molar-refractivity contribution in [2.75, 3.05) is 0 Å². The quantitative estimate of drug-likeness (QED) is 0.650. The maximum Gasteiger partial charge on any atom is 0.237 e. The number of nitrogens with two attached hydrogens (primary N) is 1. The van der Waals surface area contributed by atoms with Gasteiger partial charge in [0.15, 0.2) is 0 Å². The Morgan fingerprint density at radius 1 is 1.58 bits per heavy atom. The van der Waals surface area contributed by atoms with Crippen LogP contribution in [0.15, 0.2) is 0 Å². The van der Waals surface area contributed by atoms with E-state index in [2.05, 4.69) is 19.2 Å². The smallest absolute Gasteiger partial charge is 0.237 e. The molecule has 0 aliphatic heterocycles. The van der Waals surface area contributed by atoms with Crippen molar-refractivity contribution >= 4 is 5.91 Å². The first-order valence-electron chi connectivity index (χ1n) is 4.65. The third kappa shape index (κ3) is 3.22. The van der Waals surface area contributed by atoms with Gasteiger partial charge in [0.05, 0.1) is 6.04 Å². The summed E-state index contributed by atoms with van der Waals surface area (Å²) in [5.74, 6) is 0.510. The summed E-state index contributed by atoms with van der Waals surface area (Å²) in [6.07, 6.45) is 3.03. The summed E-state index contributed by atoms with van der Waals surface area (Å²) in [4.78, 5) is 11.3. The predicted molar refractivity (Wildman–Crippen MR) is 48.6 cm³/mol. The molecule has 70 valence electrons. The van der Waals surface area contributed by atoms with Crippen LogP contribution in [0, 0.1) is 5.92 Å². The molecule has 0 heterocycles. The summed E-state index contributed by atoms with van der Waals surface area (Å²) < 4.78 is 0. The van der Waals surface area contributed by atoms with E-state index in [9.17, 15) is 4.79 Å². The first kappa shape index (κ1) is 9.52. The molecule has 0 unspecified atom stereocenters. The van der Waals surface area contributed by atoms with E-state index in [4.69, 9.17) is 5.73 Å². The van der Waals surface area contributed by atoms with Gasteiger partial charge in [0.2, 0.25) is 5.91 Å². The molecule has 3 N–H and O–H groups in total. The molecular weight excluding hydrogens is 152 g/mol. The number of carbonyl (C=O) groups excluding carboxylic acids is 1. The second kappa shape index (κ2) is 3.90. The summed E-state index contributed by atoms with van der Waals surface area (Å²) in [5, 5.41) is 2.90. The molecule has 0 aromatic rings. The molecule has 3 nitrogen and oxygen atoms in total. The van der Waals surface area contributed by atoms with E-state index < -0.39 is 0 Å². The fourth-order valence-electron chi connectivity index (χ4n) is 1.15. The van der Waals surface area contributed by atoms with Crippen molar-refractivity contribution in [3.8, 4) is 0 Å². The van der Waals surface area contributed by atoms with E-state index in [0.29, 0.717) is 12.0 Å². The van der Waals surface area contributed by atoms with Crippen LogP contribution < -0.4 is 11.1 Å². The summed E-state index contributed by atoms with van der Waals surface area (Å²) in [5.41, 5.74) is 5.68. The Morgan fingerprint density at radius 3 is 2.58 bits per heavy atom. The minimum atomic E-state index is -0.314. The van der Waals surface area contributed by atoms with Crippen molar-refractivity contribution in [1.29, 1.82) is 0 Å². The molecule has 12 heavy (non-hydrogen) atoms. The Bertz CT molecular complexity index is 164. The van der Waals surface area contributed by atoms with Crippen LogP contribution in [0.4, 0.5) is 0 Å². The predicted octanol–water partition coefficient (Wildman–Crippen LogP) is 0.638. The lowest BCUT2D eigenvalue weighted by atomic mass is 10.0. The minimum absolute atomic E-state index is 0.0196. The van der Waals surface area contributed by atoms with E-state index in [1.54, 1.807) is 0 Å². The largest absolute Gasteiger partial charge is 0.352 e. The van der Waals surface area contributed by atoms with Crippen LogP contribution in [0.25, 0.3) is 0 Å². The van der Waals surface area contributed by atoms with Crippen molar-refractivity contribution in [3.63, 3.8) is 0 Å². The Hall–Kier alpha value is -0.570. The average molecular weight is 170 g/mol. The van der Waals surface area contributed by atoms with Gasteiger partial charge in [0.1, 0.15) is 0 Å². The highest BCUT2D eigenvalue weighted by Crippen LogP contribution is 2.18. The van der Waals surface area contributed by atoms with Crippen molar-refractivity contribution in [2.24, 2.45) is 11.7 Å². The molecule has 1 aliphatic carbocycles. The van der Waals surface area contributed by atoms with Gasteiger partial charge in [-0.15, -0.1) is 0 Å². The summed E-state index contributed by atoms with van der Waals surface area (Å²) in [6, 6.07) is 0.112. The zero-order chi connectivity index (χ0) is 9.14. The van der Waals surface area contributed by atoms with Gasteiger partial charge in [0.25, 0.3) is 0 Å². The second-order valence-corrected chi connectivity index (χ2v) is 4.02. The fourth-order valence-corrected chi connectivity index (χ4v) is 1.15. The van der Waals surface area contributed by atoms with Gasteiger partial charge < -0.3 is 11.1 Å². The van der Waals surface area contributed by atoms with Crippen LogP contribution in [0.5, 0.6) is 0 Å². The summed E-state index contributed by atoms with van der Waals surface area (Å²) in [6.45, 7) is 4.15. The first-order valence-corrected chi connectivity index (χ1v) is 4.65. The Balaban J connectivity index is 2.19. The summed E-state index contributed by atoms with van der Waals surface area (Å²) in [7, 11) is 0. The normalized spacial score (nSPS) is 19.3. The van der Waals surface area contributed by atoms with Crippen LogP contribution in [-0.2, 0) is 4.79 Å². The number of hydrogen-bond acceptors (Lipinski definition) is 2. The van der Waals surface area contributed by atoms with E-state index in [0.717, 1.165) is 19.3 Å². The Labute approximate surface area is 73.7 Å². The standard InChI is InChI=1S/C9H18N2O/c1-6(2)5-8(10)9(12)11-7-3-4-7/h6-8H,3-5,10H2,1-2H3,(H,11,12)/t8-/m1/s1. The monoisotopic (exact) mass is 170 g/mol. The third-order valence-electron chi connectivity index (χ3n) is 1.99. The van der Waals surface area contributed by atoms with Gasteiger partial charge in [-0.1, -0.05) is 13.8 Å². The number of amides is 1. The third-order valence-corrected chi connectivity index (χ3v) is 1.99. The highest BCUT2D eigenvalue weighted by atomic mass is 16.2. The Kier molecular flexibility index (Phi) is 3.09. The van der Waals surface area contributed by atoms with E-state index in [1.165, 1.54) is 0 Å². The van der Waals surface area contributed by atoms with E-state index >= 15 is 0 Å². The molecule has 1 aliphatic rings. The molecule has 0 spiro atoms. The van der Waals surface area contributed by atoms with Crippen LogP contribution in [-0.4, -0.2) is 18.0 Å². The van der Waals surface area contributed by atoms with Gasteiger partial charge in [-0.05, 0) is 25.2 Å². The average Bonchev–Trinajstić information content (AvgIpc) is 2.70. The minimum Gasteiger partial charge on any atom is -0.352 e. The molecule has 1 saturated carbocycles. The van der Waals surface area contributed by atoms with E-state index in [1.807, 2.05) is 0 Å². The molecule has 0 aromatic carbocycles. The first-order chi connectivity index (χ1) is 5.59. The van der Waals surface area contributed by atoms with Gasteiger partial charge in [-0.2, -0.15) is 0 Å². The molecule has 3 heteroatoms. The number of rotatable bonds is 4. The number of nitrogens with one attached hydrogen (secondary N) is 1. The van der Waals surface area contributed by atoms with Gasteiger partial charge in [0, 0.05) is 6.04 Å². The SMILES string of the molecule is CC(C)C[C@@H](N)C(=O)NC1CC1. The van der Waals surface area contributed by atoms with Crippen LogP contribution >= 0.6 is 0 Å². The van der Waals surface area contributed by atoms with Crippen molar-refractivity contribution < 1.29 is 4.79 Å². The topological polar surface area (TPSA) is 55.1 Å². The maximum absolute atomic E-state index is 11.3. The highest BCUT2D eigenvalue weighted by molar-refractivity contribution is 5.81. The lowest BCUT2D eigenvalue weighted by molar-refractivity contribution is -0.122. The van der Waals surface area contributed by atoms with Gasteiger partial charge in [-0.3, -0.25) is 4.79 Å². The molecule has 0 aromatic heterocycles. The molecule has 0 radical (unpaired) electrons. The van der Waals surface area contributed by atoms with Crippen LogP contribution in [0.2, 0.25) is 0 Å². The zero-order valence-electron chi connectivity index (χ0n) is 7.84. The summed E-state index contributed by atoms with van der Waals surface area (Å²) >= 11 is 0. The maximum atomic E-state index is 11.3. The molecule has 1 atom stereocenters. The van der Waals surface area contributed by atoms with Crippen molar-refractivity contribution in [2.45, 2.75) is 45.2 Å². The fraction of sp³-hybridized carbons (Fsp3) is 0.889. The van der Waals surface area contributed by atoms with Crippen LogP contribution in [0.3, 0.4) is 0 Å². The van der Waals surface area contributed by atoms with Crippen molar-refractivity contribution in [3.05, 3.63) is 0 Å². The zero-order valence-corrected chi connectivity index (χ0v) is 7.84. The molecule has 0 saturated heterocycles. The molecule has 1 amide bonds. The number of hydrogen-bond donors (Lipinski definition) is 2. The lowest BCUT2D eigenvalue weighted by Crippen LogP contribution is -2.42. The Morgan fingerprint density at radius 2 is 2.17 bits per heavy atom. The lowest BCUT2D eigenvalue weighted by Gasteiger charge is -2.13. The molecule has 1 rings (SSSR count). The van der Waals surface area contributed by atoms with E-state index in [-0.39, 0.29) is 11.9 Å². The molecular formula is C9H18N2O. The van der Waals surface area contributed by atoms with Gasteiger partial charge in [-0.25, -0.2) is 0 Å². The van der Waals surface area contributed by atoms with Crippen LogP contribution in [0.1, 0.15) is 33.1 Å². The van der Waals surface area contributed by atoms with Crippen molar-refractivity contribution in [1.82, 2.24) is 5.32 Å². The van der Waals surface area contributed by atoms with Gasteiger partial charge >= 0.3 is 0 Å². The molecule has 1 fully saturated rings. The molecule has 0 bridgehead atoms. The second-order valence-electron chi connectivity index (χ2n) is 4.02. The number of carbonyl (C=O) groups is 1. The highest BCUT2D eigenvalue weighted by Gasteiger charge is 2.25.